The van der Waals surface area contributed by atoms with E-state index in [4.69, 9.17) is 0 Å². The fraction of sp³-hybridized carbons (Fsp3) is 0.231. The minimum absolute atomic E-state index is 0.291. The molecular weight excluding hydrogens is 273 g/mol. The van der Waals surface area contributed by atoms with Crippen LogP contribution in [-0.4, -0.2) is 16.6 Å². The van der Waals surface area contributed by atoms with Gasteiger partial charge in [0.05, 0.1) is 5.69 Å². The average molecular weight is 284 g/mol. The summed E-state index contributed by atoms with van der Waals surface area (Å²) < 4.78 is 39.8. The zero-order chi connectivity index (χ0) is 14.8. The van der Waals surface area contributed by atoms with Crippen molar-refractivity contribution in [1.29, 1.82) is 0 Å². The lowest BCUT2D eigenvalue weighted by Gasteiger charge is -2.09. The van der Waals surface area contributed by atoms with E-state index in [0.717, 1.165) is 0 Å². The highest BCUT2D eigenvalue weighted by Crippen LogP contribution is 2.23. The van der Waals surface area contributed by atoms with Crippen molar-refractivity contribution >= 4 is 0 Å². The van der Waals surface area contributed by atoms with E-state index in [-0.39, 0.29) is 11.3 Å². The Kier molecular flexibility index (Phi) is 3.78. The van der Waals surface area contributed by atoms with Gasteiger partial charge in [-0.3, -0.25) is 4.79 Å². The number of benzene rings is 1. The van der Waals surface area contributed by atoms with Gasteiger partial charge < -0.3 is 4.74 Å². The number of rotatable bonds is 3. The van der Waals surface area contributed by atoms with Gasteiger partial charge in [-0.05, 0) is 30.7 Å². The summed E-state index contributed by atoms with van der Waals surface area (Å²) in [6, 6.07) is 7.03. The summed E-state index contributed by atoms with van der Waals surface area (Å²) in [5, 5.41) is 6.10. The molecule has 4 nitrogen and oxygen atoms in total. The Morgan fingerprint density at radius 1 is 1.25 bits per heavy atom. The number of aromatic nitrogens is 2. The average Bonchev–Trinajstić information content (AvgIpc) is 2.34. The van der Waals surface area contributed by atoms with Gasteiger partial charge in [-0.15, -0.1) is 13.2 Å². The third-order valence-corrected chi connectivity index (χ3v) is 2.56. The van der Waals surface area contributed by atoms with Crippen molar-refractivity contribution in [2.24, 2.45) is 0 Å². The van der Waals surface area contributed by atoms with Crippen LogP contribution in [0.1, 0.15) is 16.8 Å². The molecule has 0 amide bonds. The molecule has 0 fully saturated rings. The van der Waals surface area contributed by atoms with Gasteiger partial charge in [-0.2, -0.15) is 5.10 Å². The van der Waals surface area contributed by atoms with Crippen molar-refractivity contribution in [3.05, 3.63) is 57.5 Å². The maximum atomic E-state index is 12.0. The van der Waals surface area contributed by atoms with Crippen molar-refractivity contribution in [1.82, 2.24) is 10.2 Å². The highest BCUT2D eigenvalue weighted by atomic mass is 19.4. The molecule has 1 aromatic carbocycles. The number of hydrogen-bond acceptors (Lipinski definition) is 3. The number of hydrogen-bond donors (Lipinski definition) is 1. The van der Waals surface area contributed by atoms with Crippen LogP contribution >= 0.6 is 0 Å². The summed E-state index contributed by atoms with van der Waals surface area (Å²) in [5.74, 6) is -0.291. The number of nitrogens with zero attached hydrogens (tertiary/aromatic N) is 1. The summed E-state index contributed by atoms with van der Waals surface area (Å²) in [4.78, 5) is 11.5. The lowest BCUT2D eigenvalue weighted by molar-refractivity contribution is -0.274. The molecule has 7 heteroatoms. The molecule has 0 aliphatic carbocycles. The molecule has 106 valence electrons. The summed E-state index contributed by atoms with van der Waals surface area (Å²) in [5.41, 5.74) is 1.56. The van der Waals surface area contributed by atoms with E-state index in [0.29, 0.717) is 23.2 Å². The van der Waals surface area contributed by atoms with Gasteiger partial charge in [0.1, 0.15) is 5.75 Å². The summed E-state index contributed by atoms with van der Waals surface area (Å²) in [6.45, 7) is 1.74. The number of alkyl halides is 3. The lowest BCUT2D eigenvalue weighted by Crippen LogP contribution is -2.17. The van der Waals surface area contributed by atoms with Crippen molar-refractivity contribution < 1.29 is 17.9 Å². The zero-order valence-electron chi connectivity index (χ0n) is 10.5. The first-order valence-electron chi connectivity index (χ1n) is 5.73. The first-order valence-corrected chi connectivity index (χ1v) is 5.73. The maximum absolute atomic E-state index is 12.0. The maximum Gasteiger partial charge on any atom is 0.573 e. The fourth-order valence-electron chi connectivity index (χ4n) is 1.72. The summed E-state index contributed by atoms with van der Waals surface area (Å²) >= 11 is 0. The van der Waals surface area contributed by atoms with E-state index in [1.54, 1.807) is 13.0 Å². The number of aryl methyl sites for hydroxylation is 1. The van der Waals surface area contributed by atoms with Gasteiger partial charge in [0, 0.05) is 12.0 Å². The smallest absolute Gasteiger partial charge is 0.406 e. The van der Waals surface area contributed by atoms with Crippen LogP contribution in [-0.2, 0) is 6.42 Å². The Morgan fingerprint density at radius 2 is 1.90 bits per heavy atom. The molecule has 0 aliphatic heterocycles. The number of ether oxygens (including phenoxy) is 1. The predicted octanol–water partition coefficient (Wildman–Crippen LogP) is 2.57. The molecule has 1 N–H and O–H groups in total. The zero-order valence-corrected chi connectivity index (χ0v) is 10.5. The van der Waals surface area contributed by atoms with E-state index in [2.05, 4.69) is 14.9 Å². The fourth-order valence-corrected chi connectivity index (χ4v) is 1.72. The molecule has 0 aliphatic rings. The molecule has 1 aromatic heterocycles. The van der Waals surface area contributed by atoms with Crippen LogP contribution in [0.3, 0.4) is 0 Å². The van der Waals surface area contributed by atoms with Crippen LogP contribution in [0.2, 0.25) is 0 Å². The van der Waals surface area contributed by atoms with Crippen LogP contribution in [0.5, 0.6) is 5.75 Å². The molecule has 0 saturated heterocycles. The van der Waals surface area contributed by atoms with Crippen LogP contribution < -0.4 is 10.3 Å². The largest absolute Gasteiger partial charge is 0.573 e. The van der Waals surface area contributed by atoms with Gasteiger partial charge in [-0.25, -0.2) is 5.10 Å². The Balaban J connectivity index is 2.15. The standard InChI is InChI=1S/C13H11F3N2O2/c1-8-6-10(12(19)18-17-8)7-9-2-4-11(5-3-9)20-13(14,15)16/h2-6H,7H2,1H3,(H,18,19). The minimum atomic E-state index is -4.71. The monoisotopic (exact) mass is 284 g/mol. The highest BCUT2D eigenvalue weighted by Gasteiger charge is 2.30. The van der Waals surface area contributed by atoms with Crippen LogP contribution in [0, 0.1) is 6.92 Å². The number of aromatic amines is 1. The van der Waals surface area contributed by atoms with E-state index in [1.165, 1.54) is 24.3 Å². The Morgan fingerprint density at radius 3 is 2.50 bits per heavy atom. The van der Waals surface area contributed by atoms with Crippen molar-refractivity contribution in [3.8, 4) is 5.75 Å². The normalized spacial score (nSPS) is 11.4. The quantitative estimate of drug-likeness (QED) is 0.942. The van der Waals surface area contributed by atoms with Gasteiger partial charge >= 0.3 is 6.36 Å². The number of halogens is 3. The van der Waals surface area contributed by atoms with Gasteiger partial charge in [0.15, 0.2) is 0 Å². The molecule has 0 spiro atoms. The molecule has 2 aromatic rings. The first-order chi connectivity index (χ1) is 9.33. The second kappa shape index (κ2) is 5.36. The highest BCUT2D eigenvalue weighted by molar-refractivity contribution is 5.31. The van der Waals surface area contributed by atoms with Crippen LogP contribution in [0.4, 0.5) is 13.2 Å². The topological polar surface area (TPSA) is 55.0 Å². The van der Waals surface area contributed by atoms with Crippen molar-refractivity contribution in [3.63, 3.8) is 0 Å². The molecule has 0 radical (unpaired) electrons. The Bertz CT molecular complexity index is 648. The molecule has 0 atom stereocenters. The second-order valence-corrected chi connectivity index (χ2v) is 4.23. The van der Waals surface area contributed by atoms with E-state index in [9.17, 15) is 18.0 Å². The van der Waals surface area contributed by atoms with E-state index in [1.807, 2.05) is 0 Å². The van der Waals surface area contributed by atoms with E-state index >= 15 is 0 Å². The second-order valence-electron chi connectivity index (χ2n) is 4.23. The van der Waals surface area contributed by atoms with Gasteiger partial charge in [0.25, 0.3) is 5.56 Å². The third-order valence-electron chi connectivity index (χ3n) is 2.56. The predicted molar refractivity (Wildman–Crippen MR) is 65.5 cm³/mol. The summed E-state index contributed by atoms with van der Waals surface area (Å²) in [7, 11) is 0. The molecule has 2 rings (SSSR count). The van der Waals surface area contributed by atoms with Crippen LogP contribution in [0.25, 0.3) is 0 Å². The van der Waals surface area contributed by atoms with Gasteiger partial charge in [0.2, 0.25) is 0 Å². The SMILES string of the molecule is Cc1cc(Cc2ccc(OC(F)(F)F)cc2)c(=O)[nH]n1. The first kappa shape index (κ1) is 14.1. The van der Waals surface area contributed by atoms with Crippen molar-refractivity contribution in [2.45, 2.75) is 19.7 Å². The molecule has 1 heterocycles. The van der Waals surface area contributed by atoms with Crippen molar-refractivity contribution in [2.75, 3.05) is 0 Å². The molecular formula is C13H11F3N2O2. The number of H-pyrrole nitrogens is 1. The lowest BCUT2D eigenvalue weighted by atomic mass is 10.1. The third kappa shape index (κ3) is 3.84. The number of nitrogens with one attached hydrogen (secondary N) is 1. The molecule has 0 bridgehead atoms. The van der Waals surface area contributed by atoms with Gasteiger partial charge in [-0.1, -0.05) is 12.1 Å². The molecule has 20 heavy (non-hydrogen) atoms. The molecule has 0 saturated carbocycles. The Hall–Kier alpha value is -2.31. The minimum Gasteiger partial charge on any atom is -0.406 e. The summed E-state index contributed by atoms with van der Waals surface area (Å²) in [6.07, 6.45) is -4.40. The van der Waals surface area contributed by atoms with E-state index < -0.39 is 6.36 Å². The molecule has 0 unspecified atom stereocenters. The van der Waals surface area contributed by atoms with Crippen LogP contribution in [0.15, 0.2) is 35.1 Å². The Labute approximate surface area is 112 Å².